The van der Waals surface area contributed by atoms with E-state index in [0.717, 1.165) is 12.5 Å². The van der Waals surface area contributed by atoms with Gasteiger partial charge in [0.05, 0.1) is 6.61 Å². The van der Waals surface area contributed by atoms with Crippen LogP contribution in [-0.2, 0) is 6.18 Å². The van der Waals surface area contributed by atoms with E-state index in [9.17, 15) is 13.2 Å². The van der Waals surface area contributed by atoms with Gasteiger partial charge in [-0.15, -0.1) is 0 Å². The summed E-state index contributed by atoms with van der Waals surface area (Å²) in [5, 5.41) is 8.53. The Morgan fingerprint density at radius 1 is 1.18 bits per heavy atom. The van der Waals surface area contributed by atoms with E-state index >= 15 is 0 Å². The molecule has 0 saturated carbocycles. The summed E-state index contributed by atoms with van der Waals surface area (Å²) >= 11 is 0. The lowest BCUT2D eigenvalue weighted by Gasteiger charge is -2.08. The number of unbranched alkanes of at least 4 members (excludes halogenated alkanes) is 2. The Hall–Kier alpha value is -1.30. The molecule has 0 bridgehead atoms. The van der Waals surface area contributed by atoms with E-state index in [1.54, 1.807) is 0 Å². The molecule has 0 unspecified atom stereocenters. The number of ether oxygens (including phenoxy) is 1. The number of aliphatic hydroxyl groups excluding tert-OH is 1. The minimum absolute atomic E-state index is 0.0242. The quantitative estimate of drug-likeness (QED) is 0.788. The number of pyridine rings is 1. The Labute approximate surface area is 97.2 Å². The van der Waals surface area contributed by atoms with Gasteiger partial charge >= 0.3 is 6.18 Å². The molecule has 6 heteroatoms. The van der Waals surface area contributed by atoms with Crippen LogP contribution >= 0.6 is 0 Å². The van der Waals surface area contributed by atoms with Crippen LogP contribution in [0.4, 0.5) is 13.2 Å². The van der Waals surface area contributed by atoms with Crippen molar-refractivity contribution in [2.45, 2.75) is 25.4 Å². The average Bonchev–Trinajstić information content (AvgIpc) is 2.28. The van der Waals surface area contributed by atoms with Crippen LogP contribution in [0.15, 0.2) is 18.2 Å². The minimum Gasteiger partial charge on any atom is -0.478 e. The van der Waals surface area contributed by atoms with Gasteiger partial charge in [0.1, 0.15) is 5.69 Å². The van der Waals surface area contributed by atoms with Crippen molar-refractivity contribution in [3.63, 3.8) is 0 Å². The maximum absolute atomic E-state index is 12.3. The summed E-state index contributed by atoms with van der Waals surface area (Å²) in [6.45, 7) is 0.413. The van der Waals surface area contributed by atoms with Gasteiger partial charge in [-0.1, -0.05) is 6.07 Å². The number of hydrogen-bond acceptors (Lipinski definition) is 3. The van der Waals surface area contributed by atoms with E-state index in [-0.39, 0.29) is 12.5 Å². The molecule has 0 spiro atoms. The molecule has 1 rings (SSSR count). The monoisotopic (exact) mass is 249 g/mol. The van der Waals surface area contributed by atoms with Crippen LogP contribution in [0.25, 0.3) is 0 Å². The summed E-state index contributed by atoms with van der Waals surface area (Å²) in [5.74, 6) is -0.0242. The Morgan fingerprint density at radius 2 is 1.94 bits per heavy atom. The van der Waals surface area contributed by atoms with Crippen molar-refractivity contribution in [3.05, 3.63) is 23.9 Å². The summed E-state index contributed by atoms with van der Waals surface area (Å²) in [6, 6.07) is 3.55. The third-order valence-corrected chi connectivity index (χ3v) is 2.07. The fourth-order valence-electron chi connectivity index (χ4n) is 1.22. The molecule has 17 heavy (non-hydrogen) atoms. The van der Waals surface area contributed by atoms with Crippen molar-refractivity contribution in [1.29, 1.82) is 0 Å². The number of alkyl halides is 3. The van der Waals surface area contributed by atoms with Crippen molar-refractivity contribution < 1.29 is 23.0 Å². The zero-order valence-electron chi connectivity index (χ0n) is 9.20. The molecule has 0 aliphatic heterocycles. The molecule has 3 nitrogen and oxygen atoms in total. The molecule has 1 N–H and O–H groups in total. The third kappa shape index (κ3) is 5.04. The van der Waals surface area contributed by atoms with Gasteiger partial charge in [-0.2, -0.15) is 13.2 Å². The fourth-order valence-corrected chi connectivity index (χ4v) is 1.22. The Bertz CT molecular complexity index is 342. The number of aromatic nitrogens is 1. The van der Waals surface area contributed by atoms with Gasteiger partial charge in [-0.05, 0) is 25.3 Å². The Kier molecular flexibility index (Phi) is 5.21. The molecule has 0 radical (unpaired) electrons. The first-order valence-electron chi connectivity index (χ1n) is 5.32. The number of rotatable bonds is 6. The summed E-state index contributed by atoms with van der Waals surface area (Å²) in [5.41, 5.74) is -0.953. The van der Waals surface area contributed by atoms with Gasteiger partial charge in [0.15, 0.2) is 0 Å². The van der Waals surface area contributed by atoms with Crippen LogP contribution in [0.3, 0.4) is 0 Å². The van der Waals surface area contributed by atoms with Crippen LogP contribution < -0.4 is 4.74 Å². The van der Waals surface area contributed by atoms with E-state index in [1.807, 2.05) is 0 Å². The highest BCUT2D eigenvalue weighted by Crippen LogP contribution is 2.28. The Balaban J connectivity index is 2.44. The van der Waals surface area contributed by atoms with E-state index in [4.69, 9.17) is 9.84 Å². The van der Waals surface area contributed by atoms with Gasteiger partial charge in [0, 0.05) is 12.7 Å². The van der Waals surface area contributed by atoms with Crippen LogP contribution in [0.5, 0.6) is 5.88 Å². The molecule has 1 heterocycles. The van der Waals surface area contributed by atoms with Gasteiger partial charge in [0.2, 0.25) is 5.88 Å². The summed E-state index contributed by atoms with van der Waals surface area (Å²) in [7, 11) is 0. The predicted molar refractivity (Wildman–Crippen MR) is 55.7 cm³/mol. The summed E-state index contributed by atoms with van der Waals surface area (Å²) in [6.07, 6.45) is -2.33. The molecular formula is C11H14F3NO2. The largest absolute Gasteiger partial charge is 0.478 e. The average molecular weight is 249 g/mol. The smallest absolute Gasteiger partial charge is 0.433 e. The van der Waals surface area contributed by atoms with Gasteiger partial charge in [0.25, 0.3) is 0 Å². The maximum atomic E-state index is 12.3. The number of nitrogens with zero attached hydrogens (tertiary/aromatic N) is 1. The van der Waals surface area contributed by atoms with Crippen LogP contribution in [-0.4, -0.2) is 23.3 Å². The van der Waals surface area contributed by atoms with Crippen LogP contribution in [0.1, 0.15) is 25.0 Å². The van der Waals surface area contributed by atoms with Crippen molar-refractivity contribution in [2.75, 3.05) is 13.2 Å². The highest BCUT2D eigenvalue weighted by atomic mass is 19.4. The van der Waals surface area contributed by atoms with E-state index in [0.29, 0.717) is 19.4 Å². The molecule has 0 saturated heterocycles. The van der Waals surface area contributed by atoms with E-state index in [2.05, 4.69) is 4.98 Å². The highest BCUT2D eigenvalue weighted by molar-refractivity contribution is 5.17. The van der Waals surface area contributed by atoms with E-state index in [1.165, 1.54) is 12.1 Å². The first-order valence-corrected chi connectivity index (χ1v) is 5.32. The number of hydrogen-bond donors (Lipinski definition) is 1. The van der Waals surface area contributed by atoms with Crippen LogP contribution in [0, 0.1) is 0 Å². The van der Waals surface area contributed by atoms with Gasteiger partial charge < -0.3 is 9.84 Å². The third-order valence-electron chi connectivity index (χ3n) is 2.07. The van der Waals surface area contributed by atoms with Gasteiger partial charge in [-0.25, -0.2) is 4.98 Å². The predicted octanol–water partition coefficient (Wildman–Crippen LogP) is 2.64. The number of aliphatic hydroxyl groups is 1. The van der Waals surface area contributed by atoms with Crippen molar-refractivity contribution in [3.8, 4) is 5.88 Å². The minimum atomic E-state index is -4.45. The molecule has 0 aliphatic rings. The van der Waals surface area contributed by atoms with Crippen LogP contribution in [0.2, 0.25) is 0 Å². The lowest BCUT2D eigenvalue weighted by atomic mass is 10.2. The molecule has 0 atom stereocenters. The normalized spacial score (nSPS) is 11.5. The summed E-state index contributed by atoms with van der Waals surface area (Å²) in [4.78, 5) is 3.37. The number of halogens is 3. The molecule has 96 valence electrons. The SMILES string of the molecule is OCCCCCOc1cccc(C(F)(F)F)n1. The zero-order valence-corrected chi connectivity index (χ0v) is 9.20. The van der Waals surface area contributed by atoms with E-state index < -0.39 is 11.9 Å². The first-order chi connectivity index (χ1) is 8.04. The Morgan fingerprint density at radius 3 is 2.59 bits per heavy atom. The molecule has 1 aromatic heterocycles. The maximum Gasteiger partial charge on any atom is 0.433 e. The summed E-state index contributed by atoms with van der Waals surface area (Å²) < 4.78 is 42.0. The standard InChI is InChI=1S/C11H14F3NO2/c12-11(13,14)9-5-4-6-10(15-9)17-8-3-1-2-7-16/h4-6,16H,1-3,7-8H2. The first kappa shape index (κ1) is 13.8. The molecule has 0 fully saturated rings. The van der Waals surface area contributed by atoms with Crippen molar-refractivity contribution in [1.82, 2.24) is 4.98 Å². The molecular weight excluding hydrogens is 235 g/mol. The topological polar surface area (TPSA) is 42.4 Å². The highest BCUT2D eigenvalue weighted by Gasteiger charge is 2.32. The lowest BCUT2D eigenvalue weighted by molar-refractivity contribution is -0.141. The second-order valence-electron chi connectivity index (χ2n) is 3.49. The zero-order chi connectivity index (χ0) is 12.7. The van der Waals surface area contributed by atoms with Gasteiger partial charge in [-0.3, -0.25) is 0 Å². The van der Waals surface area contributed by atoms with Crippen molar-refractivity contribution in [2.24, 2.45) is 0 Å². The fraction of sp³-hybridized carbons (Fsp3) is 0.545. The lowest BCUT2D eigenvalue weighted by Crippen LogP contribution is -2.09. The molecule has 1 aromatic rings. The second-order valence-corrected chi connectivity index (χ2v) is 3.49. The van der Waals surface area contributed by atoms with Crippen molar-refractivity contribution >= 4 is 0 Å². The second kappa shape index (κ2) is 6.44. The molecule has 0 aliphatic carbocycles. The molecule has 0 amide bonds. The molecule has 0 aromatic carbocycles.